The number of nitriles is 1. The third-order valence-corrected chi connectivity index (χ3v) is 3.92. The zero-order valence-corrected chi connectivity index (χ0v) is 10.3. The highest BCUT2D eigenvalue weighted by molar-refractivity contribution is 6.05. The molecule has 0 spiro atoms. The predicted octanol–water partition coefficient (Wildman–Crippen LogP) is 2.12. The van der Waals surface area contributed by atoms with Crippen molar-refractivity contribution >= 4 is 17.3 Å². The highest BCUT2D eigenvalue weighted by Gasteiger charge is 2.39. The van der Waals surface area contributed by atoms with Crippen LogP contribution in [-0.4, -0.2) is 18.5 Å². The van der Waals surface area contributed by atoms with Crippen LogP contribution >= 0.6 is 0 Å². The fraction of sp³-hybridized carbons (Fsp3) is 0.429. The number of carbonyl (C=O) groups excluding carboxylic acids is 1. The third kappa shape index (κ3) is 1.47. The van der Waals surface area contributed by atoms with Gasteiger partial charge >= 0.3 is 0 Å². The number of nitrogens with zero attached hydrogens (tertiary/aromatic N) is 2. The molecule has 0 aliphatic carbocycles. The summed E-state index contributed by atoms with van der Waals surface area (Å²) < 4.78 is 0. The average molecular weight is 241 g/mol. The van der Waals surface area contributed by atoms with E-state index in [-0.39, 0.29) is 11.9 Å². The van der Waals surface area contributed by atoms with Gasteiger partial charge in [-0.3, -0.25) is 4.79 Å². The van der Waals surface area contributed by atoms with Gasteiger partial charge in [0.25, 0.3) is 0 Å². The molecule has 0 bridgehead atoms. The number of benzene rings is 1. The van der Waals surface area contributed by atoms with Crippen LogP contribution in [0.1, 0.15) is 25.3 Å². The first-order valence-corrected chi connectivity index (χ1v) is 6.33. The van der Waals surface area contributed by atoms with Crippen molar-refractivity contribution in [1.82, 2.24) is 0 Å². The number of nitrogens with one attached hydrogen (secondary N) is 1. The second-order valence-corrected chi connectivity index (χ2v) is 5.06. The summed E-state index contributed by atoms with van der Waals surface area (Å²) in [5.41, 5.74) is 2.21. The van der Waals surface area contributed by atoms with Crippen molar-refractivity contribution in [2.24, 2.45) is 5.92 Å². The second-order valence-electron chi connectivity index (χ2n) is 5.06. The number of fused-ring (bicyclic) bond motifs is 3. The quantitative estimate of drug-likeness (QED) is 0.757. The second kappa shape index (κ2) is 4.02. The van der Waals surface area contributed by atoms with E-state index in [1.54, 1.807) is 6.07 Å². The number of piperidine rings is 1. The van der Waals surface area contributed by atoms with Gasteiger partial charge in [-0.15, -0.1) is 0 Å². The van der Waals surface area contributed by atoms with Gasteiger partial charge in [0.15, 0.2) is 0 Å². The molecule has 4 nitrogen and oxygen atoms in total. The van der Waals surface area contributed by atoms with Gasteiger partial charge in [-0.2, -0.15) is 5.26 Å². The van der Waals surface area contributed by atoms with Crippen LogP contribution < -0.4 is 10.2 Å². The summed E-state index contributed by atoms with van der Waals surface area (Å²) in [7, 11) is 0. The molecule has 3 rings (SSSR count). The van der Waals surface area contributed by atoms with Crippen LogP contribution in [0, 0.1) is 17.2 Å². The molecule has 1 aromatic rings. The van der Waals surface area contributed by atoms with Gasteiger partial charge in [-0.05, 0) is 30.9 Å². The molecule has 1 aromatic carbocycles. The minimum absolute atomic E-state index is 0.0254. The molecule has 0 saturated carbocycles. The van der Waals surface area contributed by atoms with E-state index in [2.05, 4.69) is 23.2 Å². The lowest BCUT2D eigenvalue weighted by Gasteiger charge is -2.44. The Bertz CT molecular complexity index is 546. The van der Waals surface area contributed by atoms with Gasteiger partial charge in [-0.1, -0.05) is 13.0 Å². The molecule has 2 aliphatic rings. The maximum Gasteiger partial charge on any atom is 0.247 e. The van der Waals surface area contributed by atoms with Crippen molar-refractivity contribution < 1.29 is 4.79 Å². The van der Waals surface area contributed by atoms with Crippen molar-refractivity contribution in [2.75, 3.05) is 16.8 Å². The van der Waals surface area contributed by atoms with E-state index in [0.717, 1.165) is 25.1 Å². The molecule has 0 radical (unpaired) electrons. The van der Waals surface area contributed by atoms with E-state index in [1.807, 2.05) is 12.1 Å². The number of rotatable bonds is 0. The van der Waals surface area contributed by atoms with Gasteiger partial charge in [-0.25, -0.2) is 0 Å². The number of anilines is 2. The van der Waals surface area contributed by atoms with Crippen LogP contribution in [0.5, 0.6) is 0 Å². The zero-order chi connectivity index (χ0) is 12.7. The lowest BCUT2D eigenvalue weighted by molar-refractivity contribution is -0.119. The Kier molecular flexibility index (Phi) is 2.48. The summed E-state index contributed by atoms with van der Waals surface area (Å²) in [5, 5.41) is 12.0. The molecule has 0 aromatic heterocycles. The first-order chi connectivity index (χ1) is 8.72. The molecular formula is C14H15N3O. The number of carbonyl (C=O) groups is 1. The summed E-state index contributed by atoms with van der Waals surface area (Å²) in [6.07, 6.45) is 2.18. The highest BCUT2D eigenvalue weighted by Crippen LogP contribution is 2.39. The summed E-state index contributed by atoms with van der Waals surface area (Å²) in [6, 6.07) is 7.67. The molecule has 2 heterocycles. The maximum absolute atomic E-state index is 12.2. The van der Waals surface area contributed by atoms with E-state index in [1.165, 1.54) is 0 Å². The Balaban J connectivity index is 2.12. The predicted molar refractivity (Wildman–Crippen MR) is 69.3 cm³/mol. The molecule has 1 amide bonds. The number of para-hydroxylation sites is 1. The summed E-state index contributed by atoms with van der Waals surface area (Å²) in [6.45, 7) is 3.01. The smallest absolute Gasteiger partial charge is 0.247 e. The minimum Gasteiger partial charge on any atom is -0.358 e. The Labute approximate surface area is 106 Å². The standard InChI is InChI=1S/C14H15N3O/c1-9-4-3-7-17-11-6-2-5-10(8-15)12(11)16-14(18)13(9)17/h2,5-6,9,13H,3-4,7H2,1H3,(H,16,18). The Hall–Kier alpha value is -2.02. The largest absolute Gasteiger partial charge is 0.358 e. The fourth-order valence-corrected chi connectivity index (χ4v) is 3.06. The van der Waals surface area contributed by atoms with Gasteiger partial charge in [0.05, 0.1) is 16.9 Å². The molecule has 92 valence electrons. The normalized spacial score (nSPS) is 25.8. The van der Waals surface area contributed by atoms with Crippen LogP contribution in [-0.2, 0) is 4.79 Å². The molecule has 2 atom stereocenters. The first kappa shape index (κ1) is 11.1. The van der Waals surface area contributed by atoms with E-state index >= 15 is 0 Å². The fourth-order valence-electron chi connectivity index (χ4n) is 3.06. The summed E-state index contributed by atoms with van der Waals surface area (Å²) >= 11 is 0. The van der Waals surface area contributed by atoms with Gasteiger partial charge in [0.1, 0.15) is 12.1 Å². The first-order valence-electron chi connectivity index (χ1n) is 6.33. The highest BCUT2D eigenvalue weighted by atomic mass is 16.2. The zero-order valence-electron chi connectivity index (χ0n) is 10.3. The van der Waals surface area contributed by atoms with Crippen molar-refractivity contribution in [3.8, 4) is 6.07 Å². The average Bonchev–Trinajstić information content (AvgIpc) is 2.38. The van der Waals surface area contributed by atoms with Gasteiger partial charge in [0.2, 0.25) is 5.91 Å². The number of hydrogen-bond donors (Lipinski definition) is 1. The summed E-state index contributed by atoms with van der Waals surface area (Å²) in [5.74, 6) is 0.384. The lowest BCUT2D eigenvalue weighted by atomic mass is 9.87. The van der Waals surface area contributed by atoms with Crippen LogP contribution in [0.15, 0.2) is 18.2 Å². The number of hydrogen-bond acceptors (Lipinski definition) is 3. The van der Waals surface area contributed by atoms with Crippen LogP contribution in [0.3, 0.4) is 0 Å². The molecule has 1 fully saturated rings. The van der Waals surface area contributed by atoms with E-state index in [9.17, 15) is 4.79 Å². The Morgan fingerprint density at radius 1 is 1.50 bits per heavy atom. The minimum atomic E-state index is -0.0832. The molecule has 2 unspecified atom stereocenters. The van der Waals surface area contributed by atoms with Crippen molar-refractivity contribution in [2.45, 2.75) is 25.8 Å². The monoisotopic (exact) mass is 241 g/mol. The third-order valence-electron chi connectivity index (χ3n) is 3.92. The van der Waals surface area contributed by atoms with Crippen LogP contribution in [0.4, 0.5) is 11.4 Å². The van der Waals surface area contributed by atoms with Crippen molar-refractivity contribution in [3.63, 3.8) is 0 Å². The molecule has 1 N–H and O–H groups in total. The molecule has 4 heteroatoms. The molecule has 2 aliphatic heterocycles. The number of amides is 1. The van der Waals surface area contributed by atoms with E-state index in [4.69, 9.17) is 5.26 Å². The van der Waals surface area contributed by atoms with Gasteiger partial charge in [0, 0.05) is 6.54 Å². The Morgan fingerprint density at radius 3 is 3.11 bits per heavy atom. The van der Waals surface area contributed by atoms with Gasteiger partial charge < -0.3 is 10.2 Å². The topological polar surface area (TPSA) is 56.1 Å². The molecule has 1 saturated heterocycles. The van der Waals surface area contributed by atoms with E-state index in [0.29, 0.717) is 17.2 Å². The SMILES string of the molecule is CC1CCCN2c3cccc(C#N)c3NC(=O)C12. The van der Waals surface area contributed by atoms with Crippen molar-refractivity contribution in [3.05, 3.63) is 23.8 Å². The van der Waals surface area contributed by atoms with Crippen LogP contribution in [0.2, 0.25) is 0 Å². The van der Waals surface area contributed by atoms with E-state index < -0.39 is 0 Å². The summed E-state index contributed by atoms with van der Waals surface area (Å²) in [4.78, 5) is 14.4. The van der Waals surface area contributed by atoms with Crippen molar-refractivity contribution in [1.29, 1.82) is 5.26 Å². The molecular weight excluding hydrogens is 226 g/mol. The lowest BCUT2D eigenvalue weighted by Crippen LogP contribution is -2.54. The van der Waals surface area contributed by atoms with Crippen LogP contribution in [0.25, 0.3) is 0 Å². The maximum atomic E-state index is 12.2. The Morgan fingerprint density at radius 2 is 2.33 bits per heavy atom. The molecule has 18 heavy (non-hydrogen) atoms.